The van der Waals surface area contributed by atoms with E-state index in [1.807, 2.05) is 25.1 Å². The lowest BCUT2D eigenvalue weighted by molar-refractivity contribution is 0.0992. The van der Waals surface area contributed by atoms with Gasteiger partial charge in [0.2, 0.25) is 0 Å². The number of aliphatic hydroxyl groups excluding tert-OH is 1. The Labute approximate surface area is 95.0 Å². The van der Waals surface area contributed by atoms with Gasteiger partial charge in [0.05, 0.1) is 19.8 Å². The SMILES string of the molecule is Cc1c(Cl)cccc1NCCOCCO. The number of aliphatic hydroxyl groups is 1. The molecular formula is C11H16ClNO2. The largest absolute Gasteiger partial charge is 0.394 e. The van der Waals surface area contributed by atoms with Crippen LogP contribution in [0.25, 0.3) is 0 Å². The first-order valence-electron chi connectivity index (χ1n) is 4.93. The van der Waals surface area contributed by atoms with E-state index >= 15 is 0 Å². The van der Waals surface area contributed by atoms with Crippen LogP contribution in [0.4, 0.5) is 5.69 Å². The first-order valence-corrected chi connectivity index (χ1v) is 5.31. The zero-order valence-corrected chi connectivity index (χ0v) is 9.55. The zero-order valence-electron chi connectivity index (χ0n) is 8.79. The van der Waals surface area contributed by atoms with Crippen LogP contribution in [0.1, 0.15) is 5.56 Å². The zero-order chi connectivity index (χ0) is 11.1. The molecule has 4 heteroatoms. The lowest BCUT2D eigenvalue weighted by Gasteiger charge is -2.10. The average Bonchev–Trinajstić information content (AvgIpc) is 2.24. The Hall–Kier alpha value is -0.770. The molecule has 0 fully saturated rings. The van der Waals surface area contributed by atoms with Crippen LogP contribution in [-0.2, 0) is 4.74 Å². The molecule has 0 amide bonds. The summed E-state index contributed by atoms with van der Waals surface area (Å²) in [5.74, 6) is 0. The van der Waals surface area contributed by atoms with Gasteiger partial charge in [0, 0.05) is 17.3 Å². The summed E-state index contributed by atoms with van der Waals surface area (Å²) in [5.41, 5.74) is 2.07. The van der Waals surface area contributed by atoms with Crippen molar-refractivity contribution in [3.63, 3.8) is 0 Å². The van der Waals surface area contributed by atoms with Crippen molar-refractivity contribution in [2.24, 2.45) is 0 Å². The third-order valence-corrected chi connectivity index (χ3v) is 2.47. The molecule has 0 saturated carbocycles. The molecule has 15 heavy (non-hydrogen) atoms. The highest BCUT2D eigenvalue weighted by Gasteiger charge is 2.00. The molecule has 2 N–H and O–H groups in total. The first-order chi connectivity index (χ1) is 7.25. The molecule has 1 aromatic carbocycles. The van der Waals surface area contributed by atoms with Crippen molar-refractivity contribution in [1.29, 1.82) is 0 Å². The molecule has 1 aromatic rings. The van der Waals surface area contributed by atoms with E-state index in [4.69, 9.17) is 21.4 Å². The van der Waals surface area contributed by atoms with Crippen molar-refractivity contribution in [3.8, 4) is 0 Å². The molecule has 0 radical (unpaired) electrons. The number of rotatable bonds is 6. The molecule has 0 saturated heterocycles. The molecule has 0 aliphatic heterocycles. The van der Waals surface area contributed by atoms with Crippen molar-refractivity contribution in [3.05, 3.63) is 28.8 Å². The van der Waals surface area contributed by atoms with Gasteiger partial charge >= 0.3 is 0 Å². The Morgan fingerprint density at radius 1 is 1.40 bits per heavy atom. The fraction of sp³-hybridized carbons (Fsp3) is 0.455. The van der Waals surface area contributed by atoms with Gasteiger partial charge in [-0.3, -0.25) is 0 Å². The fourth-order valence-corrected chi connectivity index (χ4v) is 1.40. The van der Waals surface area contributed by atoms with Crippen LogP contribution >= 0.6 is 11.6 Å². The number of hydrogen-bond acceptors (Lipinski definition) is 3. The van der Waals surface area contributed by atoms with Crippen LogP contribution in [0.2, 0.25) is 5.02 Å². The fourth-order valence-electron chi connectivity index (χ4n) is 1.22. The van der Waals surface area contributed by atoms with E-state index in [1.54, 1.807) is 0 Å². The Kier molecular flexibility index (Phi) is 5.47. The first kappa shape index (κ1) is 12.3. The maximum Gasteiger partial charge on any atom is 0.0698 e. The highest BCUT2D eigenvalue weighted by Crippen LogP contribution is 2.22. The van der Waals surface area contributed by atoms with Crippen molar-refractivity contribution in [1.82, 2.24) is 0 Å². The summed E-state index contributed by atoms with van der Waals surface area (Å²) in [5, 5.41) is 12.5. The van der Waals surface area contributed by atoms with E-state index in [1.165, 1.54) is 0 Å². The topological polar surface area (TPSA) is 41.5 Å². The molecule has 0 aliphatic rings. The molecule has 0 heterocycles. The molecule has 0 bridgehead atoms. The second kappa shape index (κ2) is 6.67. The van der Waals surface area contributed by atoms with Crippen molar-refractivity contribution < 1.29 is 9.84 Å². The van der Waals surface area contributed by atoms with E-state index in [0.29, 0.717) is 19.8 Å². The molecule has 0 unspecified atom stereocenters. The van der Waals surface area contributed by atoms with Gasteiger partial charge in [0.1, 0.15) is 0 Å². The standard InChI is InChI=1S/C11H16ClNO2/c1-9-10(12)3-2-4-11(9)13-5-7-15-8-6-14/h2-4,13-14H,5-8H2,1H3. The smallest absolute Gasteiger partial charge is 0.0698 e. The van der Waals surface area contributed by atoms with E-state index in [0.717, 1.165) is 16.3 Å². The van der Waals surface area contributed by atoms with Gasteiger partial charge in [-0.2, -0.15) is 0 Å². The van der Waals surface area contributed by atoms with Gasteiger partial charge in [-0.25, -0.2) is 0 Å². The van der Waals surface area contributed by atoms with Gasteiger partial charge in [-0.15, -0.1) is 0 Å². The minimum atomic E-state index is 0.0657. The van der Waals surface area contributed by atoms with Crippen LogP contribution in [-0.4, -0.2) is 31.5 Å². The van der Waals surface area contributed by atoms with E-state index in [9.17, 15) is 0 Å². The van der Waals surface area contributed by atoms with Gasteiger partial charge in [0.25, 0.3) is 0 Å². The van der Waals surface area contributed by atoms with Gasteiger partial charge < -0.3 is 15.2 Å². The van der Waals surface area contributed by atoms with Crippen molar-refractivity contribution in [2.45, 2.75) is 6.92 Å². The maximum absolute atomic E-state index is 8.50. The lowest BCUT2D eigenvalue weighted by Crippen LogP contribution is -2.11. The summed E-state index contributed by atoms with van der Waals surface area (Å²) in [4.78, 5) is 0. The molecule has 1 rings (SSSR count). The summed E-state index contributed by atoms with van der Waals surface area (Å²) in [6.45, 7) is 3.71. The summed E-state index contributed by atoms with van der Waals surface area (Å²) in [6.07, 6.45) is 0. The lowest BCUT2D eigenvalue weighted by atomic mass is 10.2. The average molecular weight is 230 g/mol. The van der Waals surface area contributed by atoms with Crippen LogP contribution in [0.15, 0.2) is 18.2 Å². The Balaban J connectivity index is 2.34. The van der Waals surface area contributed by atoms with E-state index in [2.05, 4.69) is 5.32 Å². The predicted molar refractivity (Wildman–Crippen MR) is 62.6 cm³/mol. The molecule has 3 nitrogen and oxygen atoms in total. The van der Waals surface area contributed by atoms with Gasteiger partial charge in [0.15, 0.2) is 0 Å². The van der Waals surface area contributed by atoms with Crippen LogP contribution in [0.3, 0.4) is 0 Å². The highest BCUT2D eigenvalue weighted by atomic mass is 35.5. The van der Waals surface area contributed by atoms with Gasteiger partial charge in [-0.1, -0.05) is 17.7 Å². The van der Waals surface area contributed by atoms with Crippen LogP contribution in [0.5, 0.6) is 0 Å². The third kappa shape index (κ3) is 4.08. The summed E-state index contributed by atoms with van der Waals surface area (Å²) >= 11 is 5.97. The second-order valence-corrected chi connectivity index (χ2v) is 3.58. The minimum Gasteiger partial charge on any atom is -0.394 e. The number of hydrogen-bond donors (Lipinski definition) is 2. The van der Waals surface area contributed by atoms with Crippen molar-refractivity contribution >= 4 is 17.3 Å². The summed E-state index contributed by atoms with van der Waals surface area (Å²) < 4.78 is 5.13. The number of halogens is 1. The van der Waals surface area contributed by atoms with Crippen molar-refractivity contribution in [2.75, 3.05) is 31.7 Å². The van der Waals surface area contributed by atoms with Crippen LogP contribution in [0, 0.1) is 6.92 Å². The number of benzene rings is 1. The number of anilines is 1. The summed E-state index contributed by atoms with van der Waals surface area (Å²) in [6, 6.07) is 5.75. The molecular weight excluding hydrogens is 214 g/mol. The maximum atomic E-state index is 8.50. The van der Waals surface area contributed by atoms with E-state index in [-0.39, 0.29) is 6.61 Å². The Morgan fingerprint density at radius 2 is 2.20 bits per heavy atom. The monoisotopic (exact) mass is 229 g/mol. The highest BCUT2D eigenvalue weighted by molar-refractivity contribution is 6.31. The normalized spacial score (nSPS) is 10.3. The molecule has 0 spiro atoms. The molecule has 0 atom stereocenters. The third-order valence-electron chi connectivity index (χ3n) is 2.07. The van der Waals surface area contributed by atoms with E-state index < -0.39 is 0 Å². The Morgan fingerprint density at radius 3 is 2.93 bits per heavy atom. The molecule has 0 aromatic heterocycles. The summed E-state index contributed by atoms with van der Waals surface area (Å²) in [7, 11) is 0. The number of nitrogens with one attached hydrogen (secondary N) is 1. The molecule has 84 valence electrons. The Bertz CT molecular complexity index is 305. The van der Waals surface area contributed by atoms with Crippen LogP contribution < -0.4 is 5.32 Å². The second-order valence-electron chi connectivity index (χ2n) is 3.18. The van der Waals surface area contributed by atoms with Gasteiger partial charge in [-0.05, 0) is 24.6 Å². The number of ether oxygens (including phenoxy) is 1. The predicted octanol–water partition coefficient (Wildman–Crippen LogP) is 2.07. The quantitative estimate of drug-likeness (QED) is 0.734. The molecule has 0 aliphatic carbocycles. The minimum absolute atomic E-state index is 0.0657.